The van der Waals surface area contributed by atoms with Crippen molar-refractivity contribution in [1.29, 1.82) is 0 Å². The van der Waals surface area contributed by atoms with E-state index in [2.05, 4.69) is 5.10 Å². The highest BCUT2D eigenvalue weighted by atomic mass is 16.4. The molecule has 5 heteroatoms. The summed E-state index contributed by atoms with van der Waals surface area (Å²) in [4.78, 5) is 10.6. The van der Waals surface area contributed by atoms with Crippen molar-refractivity contribution in [1.82, 2.24) is 9.61 Å². The molecule has 62 valence electrons. The number of aromatic nitrogens is 2. The third-order valence-corrected chi connectivity index (χ3v) is 1.80. The van der Waals surface area contributed by atoms with E-state index in [1.165, 1.54) is 22.8 Å². The molecule has 0 saturated carbocycles. The maximum Gasteiger partial charge on any atom is 0.335 e. The van der Waals surface area contributed by atoms with Crippen molar-refractivity contribution in [3.8, 4) is 0 Å². The van der Waals surface area contributed by atoms with Gasteiger partial charge < -0.3 is 5.11 Å². The van der Waals surface area contributed by atoms with Crippen LogP contribution >= 0.6 is 0 Å². The lowest BCUT2D eigenvalue weighted by molar-refractivity contribution is 0.0697. The SMILES string of the molecule is [B]c1cnn2ccc(C(=O)O)cc12. The number of fused-ring (bicyclic) bond motifs is 1. The van der Waals surface area contributed by atoms with Gasteiger partial charge in [-0.05, 0) is 12.1 Å². The number of carboxylic acids is 1. The van der Waals surface area contributed by atoms with Crippen LogP contribution in [0.1, 0.15) is 10.4 Å². The zero-order chi connectivity index (χ0) is 9.42. The molecule has 4 nitrogen and oxygen atoms in total. The van der Waals surface area contributed by atoms with E-state index < -0.39 is 5.97 Å². The Bertz CT molecular complexity index is 478. The van der Waals surface area contributed by atoms with E-state index in [0.717, 1.165) is 0 Å². The predicted molar refractivity (Wildman–Crippen MR) is 47.5 cm³/mol. The number of hydrogen-bond acceptors (Lipinski definition) is 2. The largest absolute Gasteiger partial charge is 0.478 e. The maximum atomic E-state index is 10.6. The number of pyridine rings is 1. The predicted octanol–water partition coefficient (Wildman–Crippen LogP) is -0.174. The third kappa shape index (κ3) is 1.18. The Morgan fingerprint density at radius 1 is 1.62 bits per heavy atom. The Morgan fingerprint density at radius 2 is 2.38 bits per heavy atom. The van der Waals surface area contributed by atoms with Crippen LogP contribution in [-0.2, 0) is 0 Å². The Morgan fingerprint density at radius 3 is 3.08 bits per heavy atom. The van der Waals surface area contributed by atoms with Gasteiger partial charge in [-0.25, -0.2) is 9.31 Å². The van der Waals surface area contributed by atoms with Crippen molar-refractivity contribution in [2.24, 2.45) is 0 Å². The van der Waals surface area contributed by atoms with E-state index in [-0.39, 0.29) is 5.56 Å². The molecule has 0 unspecified atom stereocenters. The molecule has 0 spiro atoms. The fraction of sp³-hybridized carbons (Fsp3) is 0. The molecule has 0 saturated heterocycles. The lowest BCUT2D eigenvalue weighted by Gasteiger charge is -1.96. The summed E-state index contributed by atoms with van der Waals surface area (Å²) < 4.78 is 1.53. The Hall–Kier alpha value is -1.78. The van der Waals surface area contributed by atoms with Crippen molar-refractivity contribution in [2.75, 3.05) is 0 Å². The molecule has 2 rings (SSSR count). The van der Waals surface area contributed by atoms with Gasteiger partial charge in [-0.1, -0.05) is 5.46 Å². The summed E-state index contributed by atoms with van der Waals surface area (Å²) in [7, 11) is 5.57. The molecule has 13 heavy (non-hydrogen) atoms. The van der Waals surface area contributed by atoms with Crippen molar-refractivity contribution >= 4 is 24.8 Å². The van der Waals surface area contributed by atoms with Crippen LogP contribution in [-0.4, -0.2) is 28.5 Å². The number of carbonyl (C=O) groups is 1. The molecule has 0 atom stereocenters. The third-order valence-electron chi connectivity index (χ3n) is 1.80. The number of rotatable bonds is 1. The average molecular weight is 172 g/mol. The highest BCUT2D eigenvalue weighted by Gasteiger charge is 2.05. The van der Waals surface area contributed by atoms with Gasteiger partial charge in [-0.15, -0.1) is 0 Å². The number of carboxylic acid groups (broad SMARTS) is 1. The smallest absolute Gasteiger partial charge is 0.335 e. The molecule has 0 bridgehead atoms. The fourth-order valence-electron chi connectivity index (χ4n) is 1.13. The minimum atomic E-state index is -0.969. The van der Waals surface area contributed by atoms with E-state index in [4.69, 9.17) is 13.0 Å². The van der Waals surface area contributed by atoms with Crippen LogP contribution in [0.5, 0.6) is 0 Å². The molecule has 2 radical (unpaired) electrons. The standard InChI is InChI=1S/C8H5BN2O2/c9-6-4-10-11-2-1-5(8(12)13)3-7(6)11/h1-4H,(H,12,13). The summed E-state index contributed by atoms with van der Waals surface area (Å²) in [6.45, 7) is 0. The van der Waals surface area contributed by atoms with E-state index >= 15 is 0 Å². The van der Waals surface area contributed by atoms with Crippen molar-refractivity contribution in [3.63, 3.8) is 0 Å². The quantitative estimate of drug-likeness (QED) is 0.607. The van der Waals surface area contributed by atoms with Crippen LogP contribution in [0, 0.1) is 0 Å². The van der Waals surface area contributed by atoms with Gasteiger partial charge in [0.25, 0.3) is 0 Å². The second-order valence-electron chi connectivity index (χ2n) is 2.65. The molecule has 0 fully saturated rings. The van der Waals surface area contributed by atoms with E-state index in [9.17, 15) is 4.79 Å². The zero-order valence-corrected chi connectivity index (χ0v) is 6.64. The number of nitrogens with zero attached hydrogens (tertiary/aromatic N) is 2. The van der Waals surface area contributed by atoms with E-state index in [1.54, 1.807) is 6.20 Å². The minimum absolute atomic E-state index is 0.208. The molecule has 2 aromatic heterocycles. The second kappa shape index (κ2) is 2.62. The Kier molecular flexibility index (Phi) is 1.58. The van der Waals surface area contributed by atoms with Gasteiger partial charge in [0, 0.05) is 12.4 Å². The number of hydrogen-bond donors (Lipinski definition) is 1. The van der Waals surface area contributed by atoms with Crippen molar-refractivity contribution < 1.29 is 9.90 Å². The molecule has 0 aliphatic heterocycles. The van der Waals surface area contributed by atoms with Crippen LogP contribution in [0.2, 0.25) is 0 Å². The zero-order valence-electron chi connectivity index (χ0n) is 6.64. The number of aromatic carboxylic acids is 1. The molecule has 0 aliphatic carbocycles. The van der Waals surface area contributed by atoms with Crippen molar-refractivity contribution in [3.05, 3.63) is 30.1 Å². The van der Waals surface area contributed by atoms with E-state index in [0.29, 0.717) is 11.0 Å². The lowest BCUT2D eigenvalue weighted by Crippen LogP contribution is -2.03. The lowest BCUT2D eigenvalue weighted by atomic mass is 9.98. The summed E-state index contributed by atoms with van der Waals surface area (Å²) in [5, 5.41) is 12.6. The maximum absolute atomic E-state index is 10.6. The summed E-state index contributed by atoms with van der Waals surface area (Å²) in [5.41, 5.74) is 1.29. The molecular weight excluding hydrogens is 167 g/mol. The first kappa shape index (κ1) is 7.85. The summed E-state index contributed by atoms with van der Waals surface area (Å²) in [6, 6.07) is 2.96. The molecule has 2 aromatic rings. The molecular formula is C8H5BN2O2. The van der Waals surface area contributed by atoms with Crippen LogP contribution in [0.25, 0.3) is 5.52 Å². The minimum Gasteiger partial charge on any atom is -0.478 e. The molecule has 0 aliphatic rings. The first-order valence-electron chi connectivity index (χ1n) is 3.64. The molecule has 0 amide bonds. The van der Waals surface area contributed by atoms with Gasteiger partial charge in [0.05, 0.1) is 11.1 Å². The topological polar surface area (TPSA) is 54.6 Å². The molecule has 1 N–H and O–H groups in total. The summed E-state index contributed by atoms with van der Waals surface area (Å²) >= 11 is 0. The first-order chi connectivity index (χ1) is 6.18. The van der Waals surface area contributed by atoms with Crippen LogP contribution in [0.15, 0.2) is 24.5 Å². The highest BCUT2D eigenvalue weighted by molar-refractivity contribution is 6.36. The first-order valence-corrected chi connectivity index (χ1v) is 3.64. The Balaban J connectivity index is 2.72. The van der Waals surface area contributed by atoms with Gasteiger partial charge in [0.15, 0.2) is 0 Å². The van der Waals surface area contributed by atoms with Gasteiger partial charge in [-0.3, -0.25) is 0 Å². The second-order valence-corrected chi connectivity index (χ2v) is 2.65. The van der Waals surface area contributed by atoms with Crippen LogP contribution in [0.4, 0.5) is 0 Å². The van der Waals surface area contributed by atoms with Gasteiger partial charge >= 0.3 is 5.97 Å². The Labute approximate surface area is 75.2 Å². The van der Waals surface area contributed by atoms with Crippen LogP contribution < -0.4 is 5.46 Å². The highest BCUT2D eigenvalue weighted by Crippen LogP contribution is 2.03. The van der Waals surface area contributed by atoms with E-state index in [1.807, 2.05) is 0 Å². The summed E-state index contributed by atoms with van der Waals surface area (Å²) in [6.07, 6.45) is 3.05. The fourth-order valence-corrected chi connectivity index (χ4v) is 1.13. The summed E-state index contributed by atoms with van der Waals surface area (Å²) in [5.74, 6) is -0.969. The molecule has 2 heterocycles. The van der Waals surface area contributed by atoms with Gasteiger partial charge in [-0.2, -0.15) is 5.10 Å². The van der Waals surface area contributed by atoms with Crippen LogP contribution in [0.3, 0.4) is 0 Å². The van der Waals surface area contributed by atoms with Crippen molar-refractivity contribution in [2.45, 2.75) is 0 Å². The molecule has 0 aromatic carbocycles. The average Bonchev–Trinajstić information content (AvgIpc) is 2.47. The van der Waals surface area contributed by atoms with Gasteiger partial charge in [0.1, 0.15) is 7.85 Å². The normalized spacial score (nSPS) is 10.5. The van der Waals surface area contributed by atoms with Gasteiger partial charge in [0.2, 0.25) is 0 Å². The monoisotopic (exact) mass is 172 g/mol.